The molecule has 0 bridgehead atoms. The fraction of sp³-hybridized carbons (Fsp3) is 0.143. The van der Waals surface area contributed by atoms with E-state index in [2.05, 4.69) is 73.8 Å². The van der Waals surface area contributed by atoms with Gasteiger partial charge in [0, 0.05) is 9.52 Å². The average Bonchev–Trinajstić information content (AvgIpc) is 2.33. The van der Waals surface area contributed by atoms with Crippen molar-refractivity contribution in [1.29, 1.82) is 0 Å². The molecule has 0 saturated carbocycles. The van der Waals surface area contributed by atoms with E-state index in [9.17, 15) is 0 Å². The summed E-state index contributed by atoms with van der Waals surface area (Å²) in [5.41, 5.74) is 0. The predicted octanol–water partition coefficient (Wildman–Crippen LogP) is 1.06. The molecule has 0 aromatic heterocycles. The van der Waals surface area contributed by atoms with Crippen molar-refractivity contribution in [1.82, 2.24) is 0 Å². The molecule has 0 N–H and O–H groups in total. The van der Waals surface area contributed by atoms with Gasteiger partial charge in [0.25, 0.3) is 0 Å². The van der Waals surface area contributed by atoms with Crippen LogP contribution in [0.4, 0.5) is 0 Å². The van der Waals surface area contributed by atoms with Crippen LogP contribution < -0.4 is 10.4 Å². The maximum Gasteiger partial charge on any atom is 0.0875 e. The molecule has 0 aliphatic heterocycles. The summed E-state index contributed by atoms with van der Waals surface area (Å²) >= 11 is 0. The highest BCUT2D eigenvalue weighted by atomic mass is 28.2. The molecule has 0 nitrogen and oxygen atoms in total. The first-order valence-electron chi connectivity index (χ1n) is 5.94. The van der Waals surface area contributed by atoms with E-state index in [0.29, 0.717) is 9.52 Å². The Morgan fingerprint density at radius 3 is 1.25 bits per heavy atom. The van der Waals surface area contributed by atoms with Gasteiger partial charge in [-0.2, -0.15) is 0 Å². The van der Waals surface area contributed by atoms with Crippen LogP contribution in [0.25, 0.3) is 0 Å². The summed E-state index contributed by atoms with van der Waals surface area (Å²) in [4.78, 5) is 0. The van der Waals surface area contributed by atoms with Crippen LogP contribution in [0.5, 0.6) is 0 Å². The number of benzene rings is 2. The van der Waals surface area contributed by atoms with Gasteiger partial charge in [-0.1, -0.05) is 84.1 Å². The van der Waals surface area contributed by atoms with Gasteiger partial charge in [-0.25, -0.2) is 0 Å². The lowest BCUT2D eigenvalue weighted by atomic mass is 10.4. The van der Waals surface area contributed by atoms with Gasteiger partial charge in [0.05, 0.1) is 9.52 Å². The normalized spacial score (nSPS) is 9.12. The third kappa shape index (κ3) is 5.10. The van der Waals surface area contributed by atoms with E-state index in [1.807, 2.05) is 0 Å². The van der Waals surface area contributed by atoms with Crippen molar-refractivity contribution in [2.75, 3.05) is 0 Å². The van der Waals surface area contributed by atoms with Crippen LogP contribution in [-0.4, -0.2) is 19.0 Å². The van der Waals surface area contributed by atoms with Crippen molar-refractivity contribution in [3.05, 3.63) is 60.7 Å². The van der Waals surface area contributed by atoms with E-state index in [1.54, 1.807) is 0 Å². The molecule has 16 heavy (non-hydrogen) atoms. The third-order valence-corrected chi connectivity index (χ3v) is 3.85. The summed E-state index contributed by atoms with van der Waals surface area (Å²) in [5.74, 6) is 0. The highest BCUT2D eigenvalue weighted by Gasteiger charge is 1.93. The van der Waals surface area contributed by atoms with Crippen LogP contribution in [0.15, 0.2) is 60.7 Å². The zero-order chi connectivity index (χ0) is 11.6. The first kappa shape index (κ1) is 12.9. The van der Waals surface area contributed by atoms with Crippen molar-refractivity contribution in [3.8, 4) is 0 Å². The minimum atomic E-state index is -0.234. The summed E-state index contributed by atoms with van der Waals surface area (Å²) in [6.07, 6.45) is 0. The molecule has 2 aromatic carbocycles. The molecular formula is C14H20Si2. The van der Waals surface area contributed by atoms with Crippen LogP contribution in [-0.2, 0) is 0 Å². The molecule has 0 unspecified atom stereocenters. The first-order valence-corrected chi connectivity index (χ1v) is 10.2. The minimum Gasteiger partial charge on any atom is -0.0750 e. The standard InChI is InChI=1S/C12H12Si.C2H8Si/c1-3-7-11(8-4-1)13-12-9-5-2-6-10-12;1-3-2/h1-10H,13H2;3H2,1-2H3. The zero-order valence-electron chi connectivity index (χ0n) is 10.2. The molecule has 2 rings (SSSR count). The maximum atomic E-state index is 2.26. The Hall–Kier alpha value is -1.13. The molecule has 0 atom stereocenters. The molecule has 2 heteroatoms. The molecule has 0 amide bonds. The molecule has 0 fully saturated rings. The number of rotatable bonds is 2. The van der Waals surface area contributed by atoms with Crippen LogP contribution in [0, 0.1) is 0 Å². The highest BCUT2D eigenvalue weighted by Crippen LogP contribution is 1.84. The van der Waals surface area contributed by atoms with Gasteiger partial charge in [-0.15, -0.1) is 0 Å². The molecule has 2 aromatic rings. The molecule has 84 valence electrons. The highest BCUT2D eigenvalue weighted by molar-refractivity contribution is 6.67. The second-order valence-corrected chi connectivity index (χ2v) is 7.26. The fourth-order valence-electron chi connectivity index (χ4n) is 1.43. The monoisotopic (exact) mass is 244 g/mol. The van der Waals surface area contributed by atoms with Crippen molar-refractivity contribution in [2.45, 2.75) is 13.1 Å². The third-order valence-electron chi connectivity index (χ3n) is 2.09. The summed E-state index contributed by atoms with van der Waals surface area (Å²) < 4.78 is 0. The summed E-state index contributed by atoms with van der Waals surface area (Å²) in [5, 5.41) is 3.02. The number of hydrogen-bond donors (Lipinski definition) is 0. The average molecular weight is 244 g/mol. The molecule has 0 radical (unpaired) electrons. The van der Waals surface area contributed by atoms with Crippen LogP contribution >= 0.6 is 0 Å². The van der Waals surface area contributed by atoms with Crippen molar-refractivity contribution in [3.63, 3.8) is 0 Å². The lowest BCUT2D eigenvalue weighted by Gasteiger charge is -1.99. The van der Waals surface area contributed by atoms with E-state index in [1.165, 1.54) is 10.4 Å². The van der Waals surface area contributed by atoms with Gasteiger partial charge in [0.2, 0.25) is 0 Å². The predicted molar refractivity (Wildman–Crippen MR) is 81.0 cm³/mol. The summed E-state index contributed by atoms with van der Waals surface area (Å²) in [7, 11) is 0.183. The lowest BCUT2D eigenvalue weighted by molar-refractivity contribution is 1.75. The second kappa shape index (κ2) is 8.08. The lowest BCUT2D eigenvalue weighted by Crippen LogP contribution is -2.26. The van der Waals surface area contributed by atoms with Crippen LogP contribution in [0.2, 0.25) is 13.1 Å². The van der Waals surface area contributed by atoms with E-state index < -0.39 is 0 Å². The van der Waals surface area contributed by atoms with Crippen molar-refractivity contribution in [2.24, 2.45) is 0 Å². The van der Waals surface area contributed by atoms with Gasteiger partial charge in [0.15, 0.2) is 0 Å². The van der Waals surface area contributed by atoms with Gasteiger partial charge in [-0.3, -0.25) is 0 Å². The van der Waals surface area contributed by atoms with E-state index in [4.69, 9.17) is 0 Å². The number of hydrogen-bond acceptors (Lipinski definition) is 0. The molecule has 0 aliphatic rings. The Bertz CT molecular complexity index is 333. The van der Waals surface area contributed by atoms with Gasteiger partial charge < -0.3 is 0 Å². The van der Waals surface area contributed by atoms with Gasteiger partial charge in [0.1, 0.15) is 0 Å². The zero-order valence-corrected chi connectivity index (χ0v) is 13.0. The van der Waals surface area contributed by atoms with E-state index in [0.717, 1.165) is 0 Å². The SMILES string of the molecule is C[SiH2]C.c1ccc([SiH2]c2ccccc2)cc1. The van der Waals surface area contributed by atoms with Crippen LogP contribution in [0.1, 0.15) is 0 Å². The van der Waals surface area contributed by atoms with Gasteiger partial charge >= 0.3 is 0 Å². The van der Waals surface area contributed by atoms with E-state index in [-0.39, 0.29) is 9.52 Å². The topological polar surface area (TPSA) is 0 Å². The minimum absolute atomic E-state index is 0.234. The fourth-order valence-corrected chi connectivity index (χ4v) is 2.91. The van der Waals surface area contributed by atoms with Crippen molar-refractivity contribution < 1.29 is 0 Å². The van der Waals surface area contributed by atoms with Gasteiger partial charge in [-0.05, 0) is 0 Å². The Morgan fingerprint density at radius 1 is 0.625 bits per heavy atom. The largest absolute Gasteiger partial charge is 0.0875 e. The second-order valence-electron chi connectivity index (χ2n) is 3.86. The van der Waals surface area contributed by atoms with Crippen LogP contribution in [0.3, 0.4) is 0 Å². The Morgan fingerprint density at radius 2 is 0.938 bits per heavy atom. The summed E-state index contributed by atoms with van der Waals surface area (Å²) in [6.45, 7) is 4.53. The quantitative estimate of drug-likeness (QED) is 0.693. The molecule has 0 saturated heterocycles. The van der Waals surface area contributed by atoms with Crippen molar-refractivity contribution >= 4 is 29.4 Å². The molecule has 0 spiro atoms. The van der Waals surface area contributed by atoms with E-state index >= 15 is 0 Å². The molecule has 0 heterocycles. The Labute approximate surface area is 103 Å². The Kier molecular flexibility index (Phi) is 6.53. The molecule has 0 aliphatic carbocycles. The Balaban J connectivity index is 0.000000386. The molecular weight excluding hydrogens is 224 g/mol. The maximum absolute atomic E-state index is 2.26. The smallest absolute Gasteiger partial charge is 0.0750 e. The summed E-state index contributed by atoms with van der Waals surface area (Å²) in [6, 6.07) is 21.5. The first-order chi connectivity index (χ1) is 7.86.